The van der Waals surface area contributed by atoms with Crippen LogP contribution in [0.2, 0.25) is 0 Å². The molecule has 2 fully saturated rings. The molecule has 4 nitrogen and oxygen atoms in total. The molecular formula is C22H29NO3. The first kappa shape index (κ1) is 17.8. The number of hydrogen-bond donors (Lipinski definition) is 1. The summed E-state index contributed by atoms with van der Waals surface area (Å²) in [4.78, 5) is 0. The van der Waals surface area contributed by atoms with Crippen molar-refractivity contribution in [2.75, 3.05) is 33.4 Å². The molecule has 1 aliphatic carbocycles. The fourth-order valence-electron chi connectivity index (χ4n) is 3.57. The Balaban J connectivity index is 1.41. The topological polar surface area (TPSA) is 39.7 Å². The summed E-state index contributed by atoms with van der Waals surface area (Å²) < 4.78 is 17.9. The fraction of sp³-hybridized carbons (Fsp3) is 0.545. The van der Waals surface area contributed by atoms with E-state index in [2.05, 4.69) is 41.7 Å². The van der Waals surface area contributed by atoms with E-state index in [0.717, 1.165) is 50.9 Å². The minimum absolute atomic E-state index is 0.0583. The number of hydrogen-bond acceptors (Lipinski definition) is 4. The Bertz CT molecular complexity index is 720. The van der Waals surface area contributed by atoms with Crippen molar-refractivity contribution in [1.82, 2.24) is 5.32 Å². The number of ether oxygens (including phenoxy) is 3. The molecule has 0 amide bonds. The lowest BCUT2D eigenvalue weighted by Crippen LogP contribution is -2.31. The van der Waals surface area contributed by atoms with Crippen molar-refractivity contribution in [2.45, 2.75) is 37.9 Å². The molecule has 1 aliphatic heterocycles. The Morgan fingerprint density at radius 2 is 1.96 bits per heavy atom. The van der Waals surface area contributed by atoms with Gasteiger partial charge in [0.1, 0.15) is 5.75 Å². The van der Waals surface area contributed by atoms with Crippen molar-refractivity contribution in [1.29, 1.82) is 0 Å². The molecule has 1 saturated heterocycles. The van der Waals surface area contributed by atoms with Gasteiger partial charge in [-0.3, -0.25) is 0 Å². The molecule has 0 unspecified atom stereocenters. The van der Waals surface area contributed by atoms with E-state index in [9.17, 15) is 0 Å². The third kappa shape index (κ3) is 4.37. The van der Waals surface area contributed by atoms with Gasteiger partial charge in [-0.1, -0.05) is 24.3 Å². The van der Waals surface area contributed by atoms with Crippen molar-refractivity contribution in [2.24, 2.45) is 5.92 Å². The molecular weight excluding hydrogens is 326 g/mol. The van der Waals surface area contributed by atoms with Crippen molar-refractivity contribution in [3.8, 4) is 5.75 Å². The van der Waals surface area contributed by atoms with Gasteiger partial charge in [-0.05, 0) is 73.7 Å². The zero-order valence-corrected chi connectivity index (χ0v) is 15.6. The minimum Gasteiger partial charge on any atom is -0.493 e. The molecule has 140 valence electrons. The van der Waals surface area contributed by atoms with Gasteiger partial charge in [0.15, 0.2) is 6.29 Å². The number of fused-ring (bicyclic) bond motifs is 1. The Labute approximate surface area is 155 Å². The van der Waals surface area contributed by atoms with Gasteiger partial charge in [0.2, 0.25) is 0 Å². The second-order valence-electron chi connectivity index (χ2n) is 7.52. The third-order valence-corrected chi connectivity index (χ3v) is 5.34. The first-order valence-corrected chi connectivity index (χ1v) is 9.87. The van der Waals surface area contributed by atoms with E-state index in [4.69, 9.17) is 14.2 Å². The standard InChI is InChI=1S/C22H29NO3/c1-23-11-3-6-22-25-14-18(15-26-22)20-5-2-4-17-12-19(9-10-21(17)20)24-13-16-7-8-16/h2,4-5,9-10,12,16,18,22-23H,3,6-8,11,13-15H2,1H3. The second-order valence-corrected chi connectivity index (χ2v) is 7.52. The van der Waals surface area contributed by atoms with Crippen LogP contribution in [0.3, 0.4) is 0 Å². The van der Waals surface area contributed by atoms with Crippen LogP contribution < -0.4 is 10.1 Å². The monoisotopic (exact) mass is 355 g/mol. The van der Waals surface area contributed by atoms with E-state index in [1.54, 1.807) is 0 Å². The van der Waals surface area contributed by atoms with E-state index in [0.29, 0.717) is 0 Å². The van der Waals surface area contributed by atoms with Crippen molar-refractivity contribution < 1.29 is 14.2 Å². The molecule has 0 spiro atoms. The van der Waals surface area contributed by atoms with E-state index in [1.807, 2.05) is 7.05 Å². The molecule has 2 aromatic carbocycles. The zero-order chi connectivity index (χ0) is 17.8. The van der Waals surface area contributed by atoms with Gasteiger partial charge in [0.05, 0.1) is 19.8 Å². The predicted octanol–water partition coefficient (Wildman–Crippen LogP) is 4.08. The van der Waals surface area contributed by atoms with Crippen LogP contribution >= 0.6 is 0 Å². The number of nitrogens with one attached hydrogen (secondary N) is 1. The maximum Gasteiger partial charge on any atom is 0.157 e. The van der Waals surface area contributed by atoms with Crippen LogP contribution in [0, 0.1) is 5.92 Å². The SMILES string of the molecule is CNCCCC1OCC(c2cccc3cc(OCC4CC4)ccc23)CO1. The molecule has 2 aromatic rings. The lowest BCUT2D eigenvalue weighted by molar-refractivity contribution is -0.189. The maximum atomic E-state index is 5.96. The lowest BCUT2D eigenvalue weighted by atomic mass is 9.94. The Hall–Kier alpha value is -1.62. The quantitative estimate of drug-likeness (QED) is 0.724. The average Bonchev–Trinajstić information content (AvgIpc) is 3.51. The highest BCUT2D eigenvalue weighted by Crippen LogP contribution is 2.33. The van der Waals surface area contributed by atoms with Gasteiger partial charge < -0.3 is 19.5 Å². The highest BCUT2D eigenvalue weighted by atomic mass is 16.7. The van der Waals surface area contributed by atoms with Gasteiger partial charge in [-0.2, -0.15) is 0 Å². The van der Waals surface area contributed by atoms with Crippen LogP contribution in [-0.4, -0.2) is 39.7 Å². The van der Waals surface area contributed by atoms with E-state index >= 15 is 0 Å². The third-order valence-electron chi connectivity index (χ3n) is 5.34. The first-order valence-electron chi connectivity index (χ1n) is 9.87. The van der Waals surface area contributed by atoms with Crippen molar-refractivity contribution >= 4 is 10.8 Å². The van der Waals surface area contributed by atoms with Gasteiger partial charge in [-0.25, -0.2) is 0 Å². The largest absolute Gasteiger partial charge is 0.493 e. The highest BCUT2D eigenvalue weighted by Gasteiger charge is 2.25. The molecule has 0 bridgehead atoms. The van der Waals surface area contributed by atoms with Crippen molar-refractivity contribution in [3.05, 3.63) is 42.0 Å². The van der Waals surface area contributed by atoms with Crippen LogP contribution in [0.5, 0.6) is 5.75 Å². The molecule has 0 radical (unpaired) electrons. The molecule has 4 rings (SSSR count). The zero-order valence-electron chi connectivity index (χ0n) is 15.6. The lowest BCUT2D eigenvalue weighted by Gasteiger charge is -2.30. The van der Waals surface area contributed by atoms with E-state index in [1.165, 1.54) is 29.2 Å². The van der Waals surface area contributed by atoms with E-state index in [-0.39, 0.29) is 12.2 Å². The van der Waals surface area contributed by atoms with Crippen LogP contribution in [0.15, 0.2) is 36.4 Å². The van der Waals surface area contributed by atoms with Crippen molar-refractivity contribution in [3.63, 3.8) is 0 Å². The average molecular weight is 355 g/mol. The van der Waals surface area contributed by atoms with Gasteiger partial charge in [-0.15, -0.1) is 0 Å². The van der Waals surface area contributed by atoms with Crippen LogP contribution in [0.4, 0.5) is 0 Å². The molecule has 2 aliphatic rings. The summed E-state index contributed by atoms with van der Waals surface area (Å²) in [6, 6.07) is 12.9. The summed E-state index contributed by atoms with van der Waals surface area (Å²) in [6.07, 6.45) is 4.59. The van der Waals surface area contributed by atoms with Gasteiger partial charge in [0.25, 0.3) is 0 Å². The summed E-state index contributed by atoms with van der Waals surface area (Å²) in [7, 11) is 1.97. The maximum absolute atomic E-state index is 5.96. The van der Waals surface area contributed by atoms with Crippen LogP contribution in [0.1, 0.15) is 37.2 Å². The molecule has 4 heteroatoms. The highest BCUT2D eigenvalue weighted by molar-refractivity contribution is 5.87. The van der Waals surface area contributed by atoms with Crippen LogP contribution in [-0.2, 0) is 9.47 Å². The summed E-state index contributed by atoms with van der Waals surface area (Å²) in [5.41, 5.74) is 1.31. The smallest absolute Gasteiger partial charge is 0.157 e. The van der Waals surface area contributed by atoms with Gasteiger partial charge >= 0.3 is 0 Å². The summed E-state index contributed by atoms with van der Waals surface area (Å²) in [6.45, 7) is 3.30. The molecule has 0 aromatic heterocycles. The number of benzene rings is 2. The molecule has 1 saturated carbocycles. The summed E-state index contributed by atoms with van der Waals surface area (Å²) in [5.74, 6) is 2.04. The van der Waals surface area contributed by atoms with Gasteiger partial charge in [0, 0.05) is 5.92 Å². The Morgan fingerprint density at radius 1 is 1.12 bits per heavy atom. The second kappa shape index (κ2) is 8.38. The molecule has 1 heterocycles. The predicted molar refractivity (Wildman–Crippen MR) is 104 cm³/mol. The summed E-state index contributed by atoms with van der Waals surface area (Å²) in [5, 5.41) is 5.67. The Kier molecular flexibility index (Phi) is 5.73. The van der Waals surface area contributed by atoms with Crippen LogP contribution in [0.25, 0.3) is 10.8 Å². The molecule has 1 N–H and O–H groups in total. The van der Waals surface area contributed by atoms with E-state index < -0.39 is 0 Å². The molecule has 26 heavy (non-hydrogen) atoms. The first-order chi connectivity index (χ1) is 12.8. The number of rotatable bonds is 8. The normalized spacial score (nSPS) is 23.3. The summed E-state index contributed by atoms with van der Waals surface area (Å²) >= 11 is 0. The fourth-order valence-corrected chi connectivity index (χ4v) is 3.57. The minimum atomic E-state index is -0.0583. The Morgan fingerprint density at radius 3 is 2.73 bits per heavy atom. The molecule has 0 atom stereocenters.